The number of carbonyl (C=O) groups excluding carboxylic acids is 4. The van der Waals surface area contributed by atoms with E-state index in [2.05, 4.69) is 21.3 Å². The van der Waals surface area contributed by atoms with E-state index in [-0.39, 0.29) is 0 Å². The van der Waals surface area contributed by atoms with Gasteiger partial charge in [0, 0.05) is 25.5 Å². The smallest absolute Gasteiger partial charge is 0.422 e. The fourth-order valence-corrected chi connectivity index (χ4v) is 2.13. The normalized spacial score (nSPS) is 10.3. The van der Waals surface area contributed by atoms with Gasteiger partial charge >= 0.3 is 29.2 Å². The van der Waals surface area contributed by atoms with E-state index in [1.165, 1.54) is 4.90 Å². The molecule has 2 rings (SSSR count). The summed E-state index contributed by atoms with van der Waals surface area (Å²) in [7, 11) is 0. The van der Waals surface area contributed by atoms with Gasteiger partial charge in [0.2, 0.25) is 0 Å². The molecule has 0 aliphatic carbocycles. The number of ether oxygens (including phenoxy) is 1. The summed E-state index contributed by atoms with van der Waals surface area (Å²) in [5.41, 5.74) is 6.94. The molecule has 0 aliphatic rings. The molecular weight excluding hydrogens is 443 g/mol. The Hall–Kier alpha value is -3.47. The summed E-state index contributed by atoms with van der Waals surface area (Å²) in [4.78, 5) is 48.1. The largest absolute Gasteiger partial charge is 0.449 e. The minimum absolute atomic E-state index is 0.319. The number of amides is 2. The van der Waals surface area contributed by atoms with E-state index in [0.29, 0.717) is 13.1 Å². The number of benzene rings is 1. The van der Waals surface area contributed by atoms with E-state index in [0.717, 1.165) is 11.1 Å². The number of nitrogens with zero attached hydrogens (tertiary/aromatic N) is 2. The van der Waals surface area contributed by atoms with Gasteiger partial charge in [-0.15, -0.1) is 0 Å². The minimum Gasteiger partial charge on any atom is -0.449 e. The maximum Gasteiger partial charge on any atom is 0.422 e. The molecule has 0 fully saturated rings. The number of esters is 1. The lowest BCUT2D eigenvalue weighted by Crippen LogP contribution is -2.39. The van der Waals surface area contributed by atoms with E-state index >= 15 is 0 Å². The maximum absolute atomic E-state index is 11.9. The van der Waals surface area contributed by atoms with Crippen LogP contribution in [0.1, 0.15) is 11.1 Å². The number of halogens is 4. The number of aromatic nitrogens is 1. The Morgan fingerprint density at radius 3 is 1.94 bits per heavy atom. The average Bonchev–Trinajstić information content (AvgIpc) is 2.72. The van der Waals surface area contributed by atoms with Crippen LogP contribution in [-0.4, -0.2) is 45.7 Å². The zero-order chi connectivity index (χ0) is 23.4. The first-order valence-electron chi connectivity index (χ1n) is 8.44. The molecule has 12 heteroatoms. The first kappa shape index (κ1) is 25.6. The highest BCUT2D eigenvalue weighted by Crippen LogP contribution is 2.14. The summed E-state index contributed by atoms with van der Waals surface area (Å²) in [6.45, 7) is -1.14. The highest BCUT2D eigenvalue weighted by Gasteiger charge is 2.30. The second-order valence-electron chi connectivity index (χ2n) is 5.83. The molecule has 0 aliphatic heterocycles. The SMILES string of the molecule is NC(=O)C(=O)N(Cc1ccccc1)Cc1ccncc1.O=C(Cl)C(=O)OCC(F)(F)F. The summed E-state index contributed by atoms with van der Waals surface area (Å²) in [5, 5.41) is -1.57. The third-order valence-electron chi connectivity index (χ3n) is 3.36. The van der Waals surface area contributed by atoms with Crippen molar-refractivity contribution in [3.63, 3.8) is 0 Å². The molecule has 0 spiro atoms. The predicted octanol–water partition coefficient (Wildman–Crippen LogP) is 1.95. The molecule has 2 amide bonds. The lowest BCUT2D eigenvalue weighted by Gasteiger charge is -2.21. The molecule has 8 nitrogen and oxygen atoms in total. The van der Waals surface area contributed by atoms with E-state index < -0.39 is 35.8 Å². The van der Waals surface area contributed by atoms with E-state index in [4.69, 9.17) is 5.73 Å². The Kier molecular flexibility index (Phi) is 10.1. The Labute approximate surface area is 179 Å². The van der Waals surface area contributed by atoms with Crippen molar-refractivity contribution in [1.29, 1.82) is 0 Å². The molecule has 1 aromatic carbocycles. The standard InChI is InChI=1S/C15H15N3O2.C4H2ClF3O3/c16-14(19)15(20)18(10-12-4-2-1-3-5-12)11-13-6-8-17-9-7-13;5-2(9)3(10)11-1-4(6,7)8/h1-9H,10-11H2,(H2,16,19);1H2. The Morgan fingerprint density at radius 2 is 1.48 bits per heavy atom. The van der Waals surface area contributed by atoms with Gasteiger partial charge in [-0.1, -0.05) is 30.3 Å². The first-order valence-corrected chi connectivity index (χ1v) is 8.82. The molecule has 0 atom stereocenters. The second-order valence-corrected chi connectivity index (χ2v) is 6.17. The Balaban J connectivity index is 0.000000373. The highest BCUT2D eigenvalue weighted by atomic mass is 35.5. The van der Waals surface area contributed by atoms with Crippen LogP contribution in [0.25, 0.3) is 0 Å². The van der Waals surface area contributed by atoms with Crippen LogP contribution >= 0.6 is 11.6 Å². The minimum atomic E-state index is -4.64. The van der Waals surface area contributed by atoms with Crippen LogP contribution in [0.4, 0.5) is 13.2 Å². The lowest BCUT2D eigenvalue weighted by molar-refractivity contribution is -0.185. The van der Waals surface area contributed by atoms with E-state index in [9.17, 15) is 32.3 Å². The van der Waals surface area contributed by atoms with Crippen molar-refractivity contribution in [2.24, 2.45) is 5.73 Å². The fourth-order valence-electron chi connectivity index (χ4n) is 2.07. The highest BCUT2D eigenvalue weighted by molar-refractivity contribution is 6.80. The number of hydrogen-bond acceptors (Lipinski definition) is 6. The van der Waals surface area contributed by atoms with E-state index in [1.54, 1.807) is 24.5 Å². The van der Waals surface area contributed by atoms with Crippen molar-refractivity contribution in [2.45, 2.75) is 19.3 Å². The number of nitrogens with two attached hydrogens (primary N) is 1. The quantitative estimate of drug-likeness (QED) is 0.400. The van der Waals surface area contributed by atoms with Gasteiger partial charge in [-0.25, -0.2) is 4.79 Å². The first-order chi connectivity index (χ1) is 14.5. The van der Waals surface area contributed by atoms with Crippen molar-refractivity contribution in [2.75, 3.05) is 6.61 Å². The van der Waals surface area contributed by atoms with Crippen molar-refractivity contribution in [3.8, 4) is 0 Å². The molecule has 2 aromatic rings. The molecule has 0 radical (unpaired) electrons. The number of carbonyl (C=O) groups is 4. The summed E-state index contributed by atoms with van der Waals surface area (Å²) in [5.74, 6) is -3.34. The van der Waals surface area contributed by atoms with Crippen LogP contribution in [0.15, 0.2) is 54.9 Å². The van der Waals surface area contributed by atoms with Crippen LogP contribution in [0.2, 0.25) is 0 Å². The second kappa shape index (κ2) is 12.3. The van der Waals surface area contributed by atoms with Crippen LogP contribution in [0, 0.1) is 0 Å². The van der Waals surface area contributed by atoms with Crippen molar-refractivity contribution < 1.29 is 37.1 Å². The van der Waals surface area contributed by atoms with Gasteiger partial charge in [-0.2, -0.15) is 13.2 Å². The molecule has 0 unspecified atom stereocenters. The van der Waals surface area contributed by atoms with Crippen LogP contribution < -0.4 is 5.73 Å². The third-order valence-corrected chi connectivity index (χ3v) is 3.52. The van der Waals surface area contributed by atoms with Crippen molar-refractivity contribution in [3.05, 3.63) is 66.0 Å². The van der Waals surface area contributed by atoms with Gasteiger partial charge in [0.1, 0.15) is 0 Å². The van der Waals surface area contributed by atoms with Crippen molar-refractivity contribution >= 4 is 34.6 Å². The topological polar surface area (TPSA) is 120 Å². The van der Waals surface area contributed by atoms with Crippen LogP contribution in [-0.2, 0) is 37.0 Å². The number of rotatable bonds is 6. The number of alkyl halides is 3. The number of hydrogen-bond donors (Lipinski definition) is 1. The van der Waals surface area contributed by atoms with Gasteiger partial charge in [0.05, 0.1) is 0 Å². The van der Waals surface area contributed by atoms with Gasteiger partial charge in [-0.05, 0) is 34.9 Å². The summed E-state index contributed by atoms with van der Waals surface area (Å²) in [6, 6.07) is 13.1. The number of pyridine rings is 1. The maximum atomic E-state index is 11.9. The molecular formula is C19H17ClF3N3O5. The van der Waals surface area contributed by atoms with Crippen LogP contribution in [0.3, 0.4) is 0 Å². The van der Waals surface area contributed by atoms with Gasteiger partial charge in [-0.3, -0.25) is 19.4 Å². The molecule has 31 heavy (non-hydrogen) atoms. The number of primary amides is 1. The fraction of sp³-hybridized carbons (Fsp3) is 0.211. The third kappa shape index (κ3) is 10.8. The van der Waals surface area contributed by atoms with Gasteiger partial charge in [0.15, 0.2) is 6.61 Å². The molecule has 0 bridgehead atoms. The van der Waals surface area contributed by atoms with E-state index in [1.807, 2.05) is 30.3 Å². The molecule has 166 valence electrons. The average molecular weight is 460 g/mol. The van der Waals surface area contributed by atoms with Crippen LogP contribution in [0.5, 0.6) is 0 Å². The monoisotopic (exact) mass is 459 g/mol. The summed E-state index contributed by atoms with van der Waals surface area (Å²) in [6.07, 6.45) is -1.35. The molecule has 1 aromatic heterocycles. The Morgan fingerprint density at radius 1 is 0.968 bits per heavy atom. The summed E-state index contributed by atoms with van der Waals surface area (Å²) >= 11 is 4.48. The Bertz CT molecular complexity index is 854. The zero-order valence-corrected chi connectivity index (χ0v) is 16.6. The van der Waals surface area contributed by atoms with Gasteiger partial charge in [0.25, 0.3) is 0 Å². The lowest BCUT2D eigenvalue weighted by atomic mass is 10.2. The zero-order valence-electron chi connectivity index (χ0n) is 15.8. The van der Waals surface area contributed by atoms with Gasteiger partial charge < -0.3 is 15.4 Å². The summed E-state index contributed by atoms with van der Waals surface area (Å²) < 4.78 is 37.2. The van der Waals surface area contributed by atoms with Crippen molar-refractivity contribution in [1.82, 2.24) is 9.88 Å². The molecule has 1 heterocycles. The predicted molar refractivity (Wildman–Crippen MR) is 102 cm³/mol. The molecule has 0 saturated carbocycles. The molecule has 0 saturated heterocycles. The molecule has 2 N–H and O–H groups in total.